The molecule has 0 saturated carbocycles. The molecule has 5 nitrogen and oxygen atoms in total. The molecule has 2 N–H and O–H groups in total. The second-order valence-corrected chi connectivity index (χ2v) is 6.63. The Bertz CT molecular complexity index is 685. The Kier molecular flexibility index (Phi) is 5.90. The number of nitrogens with one attached hydrogen (secondary N) is 2. The van der Waals surface area contributed by atoms with Crippen LogP contribution in [-0.2, 0) is 11.2 Å². The van der Waals surface area contributed by atoms with E-state index in [9.17, 15) is 9.18 Å². The fraction of sp³-hybridized carbons (Fsp3) is 0.412. The molecule has 1 aliphatic heterocycles. The van der Waals surface area contributed by atoms with E-state index in [1.165, 1.54) is 23.5 Å². The topological polar surface area (TPSA) is 57.3 Å². The summed E-state index contributed by atoms with van der Waals surface area (Å²) >= 11 is 1.43. The van der Waals surface area contributed by atoms with Gasteiger partial charge in [-0.2, -0.15) is 0 Å². The second kappa shape index (κ2) is 8.32. The first-order valence-corrected chi connectivity index (χ1v) is 8.99. The number of piperazine rings is 1. The van der Waals surface area contributed by atoms with Crippen LogP contribution in [0.15, 0.2) is 29.6 Å². The maximum Gasteiger partial charge on any atom is 0.226 e. The molecule has 0 radical (unpaired) electrons. The number of halogens is 1. The van der Waals surface area contributed by atoms with Crippen LogP contribution in [-0.4, -0.2) is 55.1 Å². The number of hydrogen-bond donors (Lipinski definition) is 2. The molecular weight excluding hydrogens is 327 g/mol. The van der Waals surface area contributed by atoms with Crippen molar-refractivity contribution in [1.29, 1.82) is 0 Å². The minimum Gasteiger partial charge on any atom is -0.354 e. The molecule has 128 valence electrons. The normalized spacial score (nSPS) is 15.4. The minimum absolute atomic E-state index is 0.0266. The summed E-state index contributed by atoms with van der Waals surface area (Å²) in [6, 6.07) is 6.34. The van der Waals surface area contributed by atoms with Crippen molar-refractivity contribution in [2.24, 2.45) is 0 Å². The maximum absolute atomic E-state index is 13.3. The summed E-state index contributed by atoms with van der Waals surface area (Å²) in [5, 5.41) is 8.84. The van der Waals surface area contributed by atoms with Crippen molar-refractivity contribution in [3.63, 3.8) is 0 Å². The van der Waals surface area contributed by atoms with Crippen molar-refractivity contribution in [2.75, 3.05) is 39.3 Å². The lowest BCUT2D eigenvalue weighted by Crippen LogP contribution is -2.46. The van der Waals surface area contributed by atoms with Crippen molar-refractivity contribution in [1.82, 2.24) is 20.5 Å². The molecule has 0 atom stereocenters. The van der Waals surface area contributed by atoms with Gasteiger partial charge >= 0.3 is 0 Å². The predicted octanol–water partition coefficient (Wildman–Crippen LogP) is 1.51. The number of rotatable bonds is 6. The highest BCUT2D eigenvalue weighted by Gasteiger charge is 2.11. The lowest BCUT2D eigenvalue weighted by Gasteiger charge is -2.27. The fourth-order valence-electron chi connectivity index (χ4n) is 2.66. The van der Waals surface area contributed by atoms with Gasteiger partial charge in [-0.15, -0.1) is 11.3 Å². The molecule has 1 saturated heterocycles. The number of thiazole rings is 1. The van der Waals surface area contributed by atoms with Crippen LogP contribution in [0, 0.1) is 5.82 Å². The molecule has 0 bridgehead atoms. The van der Waals surface area contributed by atoms with Gasteiger partial charge in [0.2, 0.25) is 5.91 Å². The van der Waals surface area contributed by atoms with E-state index >= 15 is 0 Å². The lowest BCUT2D eigenvalue weighted by atomic mass is 10.2. The Morgan fingerprint density at radius 3 is 3.00 bits per heavy atom. The maximum atomic E-state index is 13.3. The highest BCUT2D eigenvalue weighted by atomic mass is 32.1. The van der Waals surface area contributed by atoms with E-state index in [0.29, 0.717) is 6.54 Å². The quantitative estimate of drug-likeness (QED) is 0.831. The molecule has 1 amide bonds. The molecule has 2 aromatic rings. The van der Waals surface area contributed by atoms with Crippen LogP contribution in [0.5, 0.6) is 0 Å². The molecule has 2 heterocycles. The molecule has 1 aromatic heterocycles. The van der Waals surface area contributed by atoms with Crippen LogP contribution in [0.4, 0.5) is 4.39 Å². The van der Waals surface area contributed by atoms with Gasteiger partial charge in [-0.3, -0.25) is 9.69 Å². The molecule has 24 heavy (non-hydrogen) atoms. The van der Waals surface area contributed by atoms with Crippen LogP contribution in [0.1, 0.15) is 5.69 Å². The molecule has 0 aliphatic carbocycles. The van der Waals surface area contributed by atoms with Gasteiger partial charge in [-0.25, -0.2) is 9.37 Å². The number of benzene rings is 1. The second-order valence-electron chi connectivity index (χ2n) is 5.77. The fourth-order valence-corrected chi connectivity index (χ4v) is 3.47. The van der Waals surface area contributed by atoms with Gasteiger partial charge in [0.15, 0.2) is 0 Å². The third-order valence-corrected chi connectivity index (χ3v) is 4.86. The summed E-state index contributed by atoms with van der Waals surface area (Å²) in [6.07, 6.45) is 0.257. The summed E-state index contributed by atoms with van der Waals surface area (Å²) < 4.78 is 13.3. The van der Waals surface area contributed by atoms with E-state index < -0.39 is 0 Å². The first kappa shape index (κ1) is 17.0. The van der Waals surface area contributed by atoms with Crippen LogP contribution in [0.3, 0.4) is 0 Å². The van der Waals surface area contributed by atoms with Gasteiger partial charge < -0.3 is 10.6 Å². The van der Waals surface area contributed by atoms with E-state index in [1.807, 2.05) is 11.4 Å². The van der Waals surface area contributed by atoms with E-state index in [0.717, 1.165) is 49.0 Å². The van der Waals surface area contributed by atoms with Crippen molar-refractivity contribution in [3.8, 4) is 10.6 Å². The lowest BCUT2D eigenvalue weighted by molar-refractivity contribution is -0.120. The molecule has 7 heteroatoms. The van der Waals surface area contributed by atoms with Gasteiger partial charge in [-0.1, -0.05) is 12.1 Å². The van der Waals surface area contributed by atoms with Gasteiger partial charge in [0.25, 0.3) is 0 Å². The highest BCUT2D eigenvalue weighted by molar-refractivity contribution is 7.13. The SMILES string of the molecule is O=C(Cc1csc(-c2cccc(F)c2)n1)NCCN1CCNCC1. The van der Waals surface area contributed by atoms with E-state index in [2.05, 4.69) is 20.5 Å². The Morgan fingerprint density at radius 1 is 1.38 bits per heavy atom. The predicted molar refractivity (Wildman–Crippen MR) is 93.5 cm³/mol. The Hall–Kier alpha value is -1.83. The smallest absolute Gasteiger partial charge is 0.226 e. The van der Waals surface area contributed by atoms with Crippen molar-refractivity contribution in [3.05, 3.63) is 41.2 Å². The molecular formula is C17H21FN4OS. The van der Waals surface area contributed by atoms with E-state index in [4.69, 9.17) is 0 Å². The highest BCUT2D eigenvalue weighted by Crippen LogP contribution is 2.24. The Morgan fingerprint density at radius 2 is 2.21 bits per heavy atom. The van der Waals surface area contributed by atoms with E-state index in [-0.39, 0.29) is 18.1 Å². The Labute approximate surface area is 144 Å². The summed E-state index contributed by atoms with van der Waals surface area (Å²) in [7, 11) is 0. The van der Waals surface area contributed by atoms with Crippen molar-refractivity contribution < 1.29 is 9.18 Å². The number of carbonyl (C=O) groups is 1. The summed E-state index contributed by atoms with van der Waals surface area (Å²) in [4.78, 5) is 18.8. The summed E-state index contributed by atoms with van der Waals surface area (Å²) in [5.41, 5.74) is 1.46. The van der Waals surface area contributed by atoms with Gasteiger partial charge in [0, 0.05) is 50.2 Å². The van der Waals surface area contributed by atoms with Gasteiger partial charge in [0.1, 0.15) is 10.8 Å². The average Bonchev–Trinajstić information content (AvgIpc) is 3.04. The first-order chi connectivity index (χ1) is 11.7. The third-order valence-electron chi connectivity index (χ3n) is 3.92. The number of aromatic nitrogens is 1. The van der Waals surface area contributed by atoms with Crippen LogP contribution >= 0.6 is 11.3 Å². The van der Waals surface area contributed by atoms with E-state index in [1.54, 1.807) is 6.07 Å². The number of hydrogen-bond acceptors (Lipinski definition) is 5. The zero-order valence-corrected chi connectivity index (χ0v) is 14.2. The van der Waals surface area contributed by atoms with Gasteiger partial charge in [-0.05, 0) is 12.1 Å². The number of amides is 1. The summed E-state index contributed by atoms with van der Waals surface area (Å²) in [6.45, 7) is 5.60. The molecule has 3 rings (SSSR count). The standard InChI is InChI=1S/C17H21FN4OS/c18-14-3-1-2-13(10-14)17-21-15(12-24-17)11-16(23)20-6-9-22-7-4-19-5-8-22/h1-3,10,12,19H,4-9,11H2,(H,20,23). The number of carbonyl (C=O) groups excluding carboxylic acids is 1. The average molecular weight is 348 g/mol. The molecule has 1 fully saturated rings. The zero-order chi connectivity index (χ0) is 16.8. The molecule has 0 unspecified atom stereocenters. The van der Waals surface area contributed by atoms with Crippen molar-refractivity contribution >= 4 is 17.2 Å². The van der Waals surface area contributed by atoms with Crippen LogP contribution in [0.2, 0.25) is 0 Å². The zero-order valence-electron chi connectivity index (χ0n) is 13.4. The largest absolute Gasteiger partial charge is 0.354 e. The molecule has 1 aliphatic rings. The van der Waals surface area contributed by atoms with Crippen LogP contribution in [0.25, 0.3) is 10.6 Å². The number of nitrogens with zero attached hydrogens (tertiary/aromatic N) is 2. The Balaban J connectivity index is 1.46. The first-order valence-electron chi connectivity index (χ1n) is 8.11. The monoisotopic (exact) mass is 348 g/mol. The van der Waals surface area contributed by atoms with Crippen molar-refractivity contribution in [2.45, 2.75) is 6.42 Å². The van der Waals surface area contributed by atoms with Gasteiger partial charge in [0.05, 0.1) is 12.1 Å². The van der Waals surface area contributed by atoms with Crippen LogP contribution < -0.4 is 10.6 Å². The molecule has 0 spiro atoms. The third kappa shape index (κ3) is 4.83. The molecule has 1 aromatic carbocycles. The minimum atomic E-state index is -0.282. The summed E-state index contributed by atoms with van der Waals surface area (Å²) in [5.74, 6) is -0.309.